The standard InChI is InChI=1S/C14H15ClN4O2/c15-10-5-3-9(4-6-10)8-12(20)17-14-19-18-13(21-14)11-2-1-7-16-11/h3-6,11,16H,1-2,7-8H2,(H,17,19,20). The third-order valence-corrected chi connectivity index (χ3v) is 3.58. The third kappa shape index (κ3) is 3.59. The van der Waals surface area contributed by atoms with Crippen LogP contribution in [0.3, 0.4) is 0 Å². The number of anilines is 1. The fraction of sp³-hybridized carbons (Fsp3) is 0.357. The van der Waals surface area contributed by atoms with E-state index in [4.69, 9.17) is 16.0 Å². The number of benzene rings is 1. The van der Waals surface area contributed by atoms with Crippen molar-refractivity contribution in [3.05, 3.63) is 40.7 Å². The number of carbonyl (C=O) groups excluding carboxylic acids is 1. The maximum atomic E-state index is 11.9. The van der Waals surface area contributed by atoms with Crippen LogP contribution in [0.5, 0.6) is 0 Å². The number of amides is 1. The number of carbonyl (C=O) groups is 1. The smallest absolute Gasteiger partial charge is 0.322 e. The maximum Gasteiger partial charge on any atom is 0.322 e. The van der Waals surface area contributed by atoms with Gasteiger partial charge in [0, 0.05) is 5.02 Å². The average molecular weight is 307 g/mol. The molecule has 1 saturated heterocycles. The molecule has 1 amide bonds. The van der Waals surface area contributed by atoms with E-state index in [0.29, 0.717) is 10.9 Å². The monoisotopic (exact) mass is 306 g/mol. The van der Waals surface area contributed by atoms with Crippen molar-refractivity contribution in [2.45, 2.75) is 25.3 Å². The van der Waals surface area contributed by atoms with E-state index in [1.807, 2.05) is 12.1 Å². The van der Waals surface area contributed by atoms with Gasteiger partial charge >= 0.3 is 6.01 Å². The molecule has 7 heteroatoms. The molecule has 1 aromatic carbocycles. The molecule has 6 nitrogen and oxygen atoms in total. The SMILES string of the molecule is O=C(Cc1ccc(Cl)cc1)Nc1nnc(C2CCCN2)o1. The van der Waals surface area contributed by atoms with Gasteiger partial charge in [-0.25, -0.2) is 0 Å². The Morgan fingerprint density at radius 2 is 2.19 bits per heavy atom. The Kier molecular flexibility index (Phi) is 4.17. The van der Waals surface area contributed by atoms with Gasteiger partial charge in [-0.15, -0.1) is 5.10 Å². The number of halogens is 1. The Balaban J connectivity index is 1.58. The molecule has 0 spiro atoms. The quantitative estimate of drug-likeness (QED) is 0.906. The van der Waals surface area contributed by atoms with Crippen molar-refractivity contribution in [3.8, 4) is 0 Å². The van der Waals surface area contributed by atoms with Crippen LogP contribution >= 0.6 is 11.6 Å². The molecule has 2 N–H and O–H groups in total. The first-order valence-electron chi connectivity index (χ1n) is 6.82. The molecule has 1 aliphatic heterocycles. The highest BCUT2D eigenvalue weighted by Crippen LogP contribution is 2.22. The first-order chi connectivity index (χ1) is 10.2. The van der Waals surface area contributed by atoms with E-state index in [0.717, 1.165) is 24.9 Å². The summed E-state index contributed by atoms with van der Waals surface area (Å²) < 4.78 is 5.46. The van der Waals surface area contributed by atoms with E-state index in [9.17, 15) is 4.79 Å². The zero-order chi connectivity index (χ0) is 14.7. The molecule has 1 unspecified atom stereocenters. The minimum absolute atomic E-state index is 0.0967. The van der Waals surface area contributed by atoms with Crippen molar-refractivity contribution in [2.75, 3.05) is 11.9 Å². The molecular weight excluding hydrogens is 292 g/mol. The van der Waals surface area contributed by atoms with Gasteiger partial charge in [0.15, 0.2) is 0 Å². The van der Waals surface area contributed by atoms with Crippen molar-refractivity contribution >= 4 is 23.5 Å². The summed E-state index contributed by atoms with van der Waals surface area (Å²) in [5.41, 5.74) is 0.870. The molecule has 110 valence electrons. The van der Waals surface area contributed by atoms with Gasteiger partial charge in [0.2, 0.25) is 11.8 Å². The fourth-order valence-electron chi connectivity index (χ4n) is 2.27. The molecule has 2 aromatic rings. The molecule has 0 saturated carbocycles. The van der Waals surface area contributed by atoms with Crippen LogP contribution in [0.2, 0.25) is 5.02 Å². The van der Waals surface area contributed by atoms with E-state index < -0.39 is 0 Å². The van der Waals surface area contributed by atoms with Crippen LogP contribution in [0, 0.1) is 0 Å². The van der Waals surface area contributed by atoms with E-state index in [2.05, 4.69) is 20.8 Å². The van der Waals surface area contributed by atoms with Crippen LogP contribution in [0.25, 0.3) is 0 Å². The number of nitrogens with one attached hydrogen (secondary N) is 2. The van der Waals surface area contributed by atoms with Gasteiger partial charge < -0.3 is 9.73 Å². The van der Waals surface area contributed by atoms with Crippen LogP contribution in [-0.4, -0.2) is 22.6 Å². The Morgan fingerprint density at radius 3 is 2.90 bits per heavy atom. The highest BCUT2D eigenvalue weighted by molar-refractivity contribution is 6.30. The Morgan fingerprint density at radius 1 is 1.38 bits per heavy atom. The summed E-state index contributed by atoms with van der Waals surface area (Å²) in [6, 6.07) is 7.35. The summed E-state index contributed by atoms with van der Waals surface area (Å²) in [7, 11) is 0. The van der Waals surface area contributed by atoms with Crippen molar-refractivity contribution < 1.29 is 9.21 Å². The number of nitrogens with zero attached hydrogens (tertiary/aromatic N) is 2. The van der Waals surface area contributed by atoms with E-state index in [1.165, 1.54) is 0 Å². The van der Waals surface area contributed by atoms with Gasteiger partial charge in [-0.1, -0.05) is 28.8 Å². The first kappa shape index (κ1) is 14.0. The number of rotatable bonds is 4. The van der Waals surface area contributed by atoms with E-state index in [-0.39, 0.29) is 24.4 Å². The zero-order valence-corrected chi connectivity index (χ0v) is 12.1. The lowest BCUT2D eigenvalue weighted by Crippen LogP contribution is -2.14. The second-order valence-electron chi connectivity index (χ2n) is 4.95. The second kappa shape index (κ2) is 6.24. The van der Waals surface area contributed by atoms with Gasteiger partial charge in [0.05, 0.1) is 12.5 Å². The van der Waals surface area contributed by atoms with Gasteiger partial charge in [0.1, 0.15) is 0 Å². The van der Waals surface area contributed by atoms with Gasteiger partial charge in [-0.3, -0.25) is 10.1 Å². The largest absolute Gasteiger partial charge is 0.406 e. The van der Waals surface area contributed by atoms with Crippen LogP contribution in [0.15, 0.2) is 28.7 Å². The summed E-state index contributed by atoms with van der Waals surface area (Å²) in [6.07, 6.45) is 2.29. The van der Waals surface area contributed by atoms with Gasteiger partial charge in [-0.2, -0.15) is 0 Å². The van der Waals surface area contributed by atoms with Crippen molar-refractivity contribution in [1.29, 1.82) is 0 Å². The minimum Gasteiger partial charge on any atom is -0.406 e. The van der Waals surface area contributed by atoms with Crippen LogP contribution in [0.1, 0.15) is 30.3 Å². The van der Waals surface area contributed by atoms with E-state index >= 15 is 0 Å². The highest BCUT2D eigenvalue weighted by atomic mass is 35.5. The topological polar surface area (TPSA) is 80.0 Å². The maximum absolute atomic E-state index is 11.9. The third-order valence-electron chi connectivity index (χ3n) is 3.32. The summed E-state index contributed by atoms with van der Waals surface area (Å²) in [5, 5.41) is 14.3. The fourth-order valence-corrected chi connectivity index (χ4v) is 2.40. The lowest BCUT2D eigenvalue weighted by atomic mass is 10.1. The summed E-state index contributed by atoms with van der Waals surface area (Å²) in [4.78, 5) is 11.9. The predicted molar refractivity (Wildman–Crippen MR) is 78.1 cm³/mol. The van der Waals surface area contributed by atoms with Crippen LogP contribution < -0.4 is 10.6 Å². The van der Waals surface area contributed by atoms with Crippen LogP contribution in [-0.2, 0) is 11.2 Å². The second-order valence-corrected chi connectivity index (χ2v) is 5.38. The van der Waals surface area contributed by atoms with E-state index in [1.54, 1.807) is 12.1 Å². The minimum atomic E-state index is -0.202. The zero-order valence-electron chi connectivity index (χ0n) is 11.3. The van der Waals surface area contributed by atoms with Gasteiger partial charge in [0.25, 0.3) is 0 Å². The molecule has 0 radical (unpaired) electrons. The lowest BCUT2D eigenvalue weighted by Gasteiger charge is -2.03. The molecule has 0 aliphatic carbocycles. The molecule has 1 aliphatic rings. The molecule has 3 rings (SSSR count). The lowest BCUT2D eigenvalue weighted by molar-refractivity contribution is -0.115. The molecule has 1 aromatic heterocycles. The predicted octanol–water partition coefficient (Wildman–Crippen LogP) is 2.33. The number of hydrogen-bond donors (Lipinski definition) is 2. The van der Waals surface area contributed by atoms with Crippen molar-refractivity contribution in [2.24, 2.45) is 0 Å². The first-order valence-corrected chi connectivity index (χ1v) is 7.19. The molecule has 1 atom stereocenters. The normalized spacial score (nSPS) is 17.9. The highest BCUT2D eigenvalue weighted by Gasteiger charge is 2.22. The summed E-state index contributed by atoms with van der Waals surface area (Å²) in [6.45, 7) is 0.950. The summed E-state index contributed by atoms with van der Waals surface area (Å²) >= 11 is 5.80. The molecule has 1 fully saturated rings. The van der Waals surface area contributed by atoms with Crippen molar-refractivity contribution in [3.63, 3.8) is 0 Å². The number of hydrogen-bond acceptors (Lipinski definition) is 5. The Labute approximate surface area is 126 Å². The average Bonchev–Trinajstić information content (AvgIpc) is 3.12. The Hall–Kier alpha value is -1.92. The van der Waals surface area contributed by atoms with Crippen LogP contribution in [0.4, 0.5) is 6.01 Å². The molecule has 2 heterocycles. The van der Waals surface area contributed by atoms with Gasteiger partial charge in [-0.05, 0) is 37.1 Å². The Bertz CT molecular complexity index is 620. The molecule has 0 bridgehead atoms. The summed E-state index contributed by atoms with van der Waals surface area (Å²) in [5.74, 6) is 0.321. The molecular formula is C14H15ClN4O2. The molecule has 21 heavy (non-hydrogen) atoms. The van der Waals surface area contributed by atoms with Crippen molar-refractivity contribution in [1.82, 2.24) is 15.5 Å². The number of aromatic nitrogens is 2.